The Morgan fingerprint density at radius 2 is 1.85 bits per heavy atom. The predicted molar refractivity (Wildman–Crippen MR) is 82.5 cm³/mol. The lowest BCUT2D eigenvalue weighted by Crippen LogP contribution is -2.49. The molecule has 1 unspecified atom stereocenters. The highest BCUT2D eigenvalue weighted by atomic mass is 16.3. The third-order valence-corrected chi connectivity index (χ3v) is 4.88. The Morgan fingerprint density at radius 1 is 1.25 bits per heavy atom. The number of aliphatic hydroxyl groups excluding tert-OH is 1. The largest absolute Gasteiger partial charge is 0.386 e. The fourth-order valence-corrected chi connectivity index (χ4v) is 3.52. The Morgan fingerprint density at radius 3 is 2.35 bits per heavy atom. The highest BCUT2D eigenvalue weighted by Gasteiger charge is 2.42. The number of hydrogen-bond acceptors (Lipinski definition) is 4. The number of pyridine rings is 1. The van der Waals surface area contributed by atoms with Gasteiger partial charge < -0.3 is 15.7 Å². The molecule has 0 bridgehead atoms. The normalized spacial score (nSPS) is 20.6. The molecule has 1 aliphatic carbocycles. The molecule has 3 N–H and O–H groups in total. The van der Waals surface area contributed by atoms with Crippen molar-refractivity contribution >= 4 is 5.82 Å². The molecule has 0 radical (unpaired) electrons. The second-order valence-electron chi connectivity index (χ2n) is 6.24. The number of nitrogen functional groups attached to an aromatic ring is 1. The van der Waals surface area contributed by atoms with Crippen LogP contribution >= 0.6 is 0 Å². The summed E-state index contributed by atoms with van der Waals surface area (Å²) in [7, 11) is 4.13. The number of nitrogens with zero attached hydrogens (tertiary/aromatic N) is 2. The van der Waals surface area contributed by atoms with Gasteiger partial charge in [0, 0.05) is 11.8 Å². The lowest BCUT2D eigenvalue weighted by atomic mass is 9.79. The summed E-state index contributed by atoms with van der Waals surface area (Å²) in [5.74, 6) is 0.461. The van der Waals surface area contributed by atoms with Crippen molar-refractivity contribution in [1.29, 1.82) is 0 Å². The second kappa shape index (κ2) is 6.10. The van der Waals surface area contributed by atoms with Crippen molar-refractivity contribution in [1.82, 2.24) is 9.88 Å². The average Bonchev–Trinajstić information content (AvgIpc) is 2.64. The lowest BCUT2D eigenvalue weighted by molar-refractivity contribution is -0.0199. The molecule has 1 fully saturated rings. The number of nitrogens with two attached hydrogens (primary N) is 1. The second-order valence-corrected chi connectivity index (χ2v) is 6.24. The zero-order chi connectivity index (χ0) is 14.8. The third-order valence-electron chi connectivity index (χ3n) is 4.88. The quantitative estimate of drug-likeness (QED) is 0.834. The molecular weight excluding hydrogens is 250 g/mol. The molecule has 112 valence electrons. The van der Waals surface area contributed by atoms with Gasteiger partial charge in [-0.1, -0.05) is 25.7 Å². The standard InChI is InChI=1S/C16H27N3O/c1-12-8-11-18-15(17)13(12)14(20)16(19(2)3)9-6-4-5-7-10-16/h8,11,14,20H,4-7,9-10H2,1-3H3,(H2,17,18). The van der Waals surface area contributed by atoms with Crippen LogP contribution in [-0.4, -0.2) is 34.6 Å². The minimum Gasteiger partial charge on any atom is -0.386 e. The first-order valence-electron chi connectivity index (χ1n) is 7.55. The maximum atomic E-state index is 11.1. The zero-order valence-corrected chi connectivity index (χ0v) is 12.9. The smallest absolute Gasteiger partial charge is 0.129 e. The third kappa shape index (κ3) is 2.67. The fourth-order valence-electron chi connectivity index (χ4n) is 3.52. The van der Waals surface area contributed by atoms with E-state index in [1.54, 1.807) is 6.20 Å². The van der Waals surface area contributed by atoms with Crippen LogP contribution in [0.15, 0.2) is 12.3 Å². The molecule has 1 saturated carbocycles. The van der Waals surface area contributed by atoms with Gasteiger partial charge in [-0.3, -0.25) is 0 Å². The number of anilines is 1. The first kappa shape index (κ1) is 15.3. The molecule has 1 aromatic rings. The lowest BCUT2D eigenvalue weighted by Gasteiger charge is -2.44. The number of likely N-dealkylation sites (N-methyl/N-ethyl adjacent to an activating group) is 1. The maximum absolute atomic E-state index is 11.1. The number of rotatable bonds is 3. The highest BCUT2D eigenvalue weighted by Crippen LogP contribution is 2.42. The Bertz CT molecular complexity index is 431. The number of aromatic nitrogens is 1. The molecule has 0 saturated heterocycles. The topological polar surface area (TPSA) is 62.4 Å². The molecule has 1 aliphatic rings. The van der Waals surface area contributed by atoms with Crippen molar-refractivity contribution < 1.29 is 5.11 Å². The monoisotopic (exact) mass is 277 g/mol. The van der Waals surface area contributed by atoms with Crippen molar-refractivity contribution in [2.75, 3.05) is 19.8 Å². The van der Waals surface area contributed by atoms with Crippen LogP contribution in [0.25, 0.3) is 0 Å². The summed E-state index contributed by atoms with van der Waals surface area (Å²) in [4.78, 5) is 6.36. The van der Waals surface area contributed by atoms with Gasteiger partial charge in [-0.15, -0.1) is 0 Å². The molecule has 0 spiro atoms. The van der Waals surface area contributed by atoms with Gasteiger partial charge in [-0.05, 0) is 45.5 Å². The molecule has 1 atom stereocenters. The van der Waals surface area contributed by atoms with Crippen molar-refractivity contribution in [3.63, 3.8) is 0 Å². The van der Waals surface area contributed by atoms with Crippen molar-refractivity contribution in [2.24, 2.45) is 0 Å². The minimum atomic E-state index is -0.579. The maximum Gasteiger partial charge on any atom is 0.129 e. The molecule has 2 rings (SSSR count). The van der Waals surface area contributed by atoms with E-state index in [0.29, 0.717) is 5.82 Å². The SMILES string of the molecule is Cc1ccnc(N)c1C(O)C1(N(C)C)CCCCCC1. The van der Waals surface area contributed by atoms with Gasteiger partial charge >= 0.3 is 0 Å². The van der Waals surface area contributed by atoms with Gasteiger partial charge in [0.2, 0.25) is 0 Å². The van der Waals surface area contributed by atoms with Gasteiger partial charge in [0.15, 0.2) is 0 Å². The first-order valence-corrected chi connectivity index (χ1v) is 7.55. The van der Waals surface area contributed by atoms with Crippen molar-refractivity contribution in [3.8, 4) is 0 Å². The van der Waals surface area contributed by atoms with Crippen LogP contribution in [0.5, 0.6) is 0 Å². The molecule has 20 heavy (non-hydrogen) atoms. The van der Waals surface area contributed by atoms with Crippen LogP contribution in [0.1, 0.15) is 55.8 Å². The summed E-state index contributed by atoms with van der Waals surface area (Å²) >= 11 is 0. The van der Waals surface area contributed by atoms with E-state index in [-0.39, 0.29) is 5.54 Å². The molecule has 1 aromatic heterocycles. The number of hydrogen-bond donors (Lipinski definition) is 2. The molecule has 0 aliphatic heterocycles. The first-order chi connectivity index (χ1) is 9.49. The summed E-state index contributed by atoms with van der Waals surface area (Å²) in [6.07, 6.45) is 7.97. The molecule has 4 nitrogen and oxygen atoms in total. The van der Waals surface area contributed by atoms with E-state index in [1.165, 1.54) is 12.8 Å². The van der Waals surface area contributed by atoms with E-state index in [9.17, 15) is 5.11 Å². The molecule has 1 heterocycles. The van der Waals surface area contributed by atoms with Crippen molar-refractivity contribution in [3.05, 3.63) is 23.4 Å². The summed E-state index contributed by atoms with van der Waals surface area (Å²) in [6, 6.07) is 1.93. The molecule has 0 amide bonds. The molecular formula is C16H27N3O. The Kier molecular flexibility index (Phi) is 4.66. The van der Waals surface area contributed by atoms with Gasteiger partial charge in [0.05, 0.1) is 5.54 Å². The van der Waals surface area contributed by atoms with Crippen LogP contribution < -0.4 is 5.73 Å². The van der Waals surface area contributed by atoms with Gasteiger partial charge in [-0.2, -0.15) is 0 Å². The minimum absolute atomic E-state index is 0.224. The van der Waals surface area contributed by atoms with Crippen LogP contribution in [-0.2, 0) is 0 Å². The molecule has 4 heteroatoms. The Balaban J connectivity index is 2.43. The van der Waals surface area contributed by atoms with Crippen LogP contribution in [0.3, 0.4) is 0 Å². The molecule has 0 aromatic carbocycles. The van der Waals surface area contributed by atoms with Gasteiger partial charge in [-0.25, -0.2) is 4.98 Å². The van der Waals surface area contributed by atoms with Crippen LogP contribution in [0, 0.1) is 6.92 Å². The Labute approximate surface area is 122 Å². The summed E-state index contributed by atoms with van der Waals surface area (Å²) in [5.41, 5.74) is 7.65. The fraction of sp³-hybridized carbons (Fsp3) is 0.688. The average molecular weight is 277 g/mol. The predicted octanol–water partition coefficient (Wildman–Crippen LogP) is 2.66. The van der Waals surface area contributed by atoms with Crippen molar-refractivity contribution in [2.45, 2.75) is 57.1 Å². The van der Waals surface area contributed by atoms with Crippen LogP contribution in [0.4, 0.5) is 5.82 Å². The van der Waals surface area contributed by atoms with E-state index >= 15 is 0 Å². The van der Waals surface area contributed by atoms with Crippen LogP contribution in [0.2, 0.25) is 0 Å². The summed E-state index contributed by atoms with van der Waals surface area (Å²) in [5, 5.41) is 11.1. The van der Waals surface area contributed by atoms with E-state index in [2.05, 4.69) is 24.0 Å². The summed E-state index contributed by atoms with van der Waals surface area (Å²) in [6.45, 7) is 2.00. The van der Waals surface area contributed by atoms with Gasteiger partial charge in [0.1, 0.15) is 11.9 Å². The zero-order valence-electron chi connectivity index (χ0n) is 12.9. The number of aryl methyl sites for hydroxylation is 1. The highest BCUT2D eigenvalue weighted by molar-refractivity contribution is 5.46. The van der Waals surface area contributed by atoms with E-state index < -0.39 is 6.10 Å². The van der Waals surface area contributed by atoms with E-state index in [0.717, 1.165) is 36.8 Å². The summed E-state index contributed by atoms with van der Waals surface area (Å²) < 4.78 is 0. The van der Waals surface area contributed by atoms with E-state index in [4.69, 9.17) is 5.73 Å². The van der Waals surface area contributed by atoms with E-state index in [1.807, 2.05) is 13.0 Å². The Hall–Kier alpha value is -1.13. The number of aliphatic hydroxyl groups is 1. The van der Waals surface area contributed by atoms with Gasteiger partial charge in [0.25, 0.3) is 0 Å².